The minimum Gasteiger partial charge on any atom is -0.309 e. The van der Waals surface area contributed by atoms with Crippen LogP contribution in [0.4, 0.5) is 0 Å². The van der Waals surface area contributed by atoms with Crippen molar-refractivity contribution in [1.82, 2.24) is 9.13 Å². The van der Waals surface area contributed by atoms with Crippen molar-refractivity contribution < 1.29 is 0 Å². The van der Waals surface area contributed by atoms with Gasteiger partial charge in [0.25, 0.3) is 0 Å². The van der Waals surface area contributed by atoms with Crippen LogP contribution in [0.15, 0.2) is 231 Å². The van der Waals surface area contributed by atoms with Gasteiger partial charge in [-0.2, -0.15) is 0 Å². The number of rotatable bonds is 7. The third kappa shape index (κ3) is 5.86. The maximum absolute atomic E-state index is 2.54. The number of para-hydroxylation sites is 3. The number of nitrogens with zero attached hydrogens (tertiary/aromatic N) is 2. The molecule has 0 radical (unpaired) electrons. The van der Waals surface area contributed by atoms with Crippen LogP contribution in [0.25, 0.3) is 100 Å². The second kappa shape index (κ2) is 14.6. The molecule has 0 saturated carbocycles. The lowest BCUT2D eigenvalue weighted by Gasteiger charge is -2.23. The number of hydrogen-bond donors (Lipinski definition) is 0. The molecule has 0 spiro atoms. The monoisotopic (exact) mass is 804 g/mol. The van der Waals surface area contributed by atoms with Gasteiger partial charge in [-0.1, -0.05) is 208 Å². The highest BCUT2D eigenvalue weighted by Crippen LogP contribution is 2.53. The fourth-order valence-electron chi connectivity index (χ4n) is 10.4. The van der Waals surface area contributed by atoms with Crippen LogP contribution in [-0.2, 0) is 5.41 Å². The predicted octanol–water partition coefficient (Wildman–Crippen LogP) is 16.2. The van der Waals surface area contributed by atoms with Crippen LogP contribution in [0.2, 0.25) is 0 Å². The Morgan fingerprint density at radius 1 is 0.302 bits per heavy atom. The highest BCUT2D eigenvalue weighted by atomic mass is 15.0. The van der Waals surface area contributed by atoms with Gasteiger partial charge in [-0.25, -0.2) is 0 Å². The lowest BCUT2D eigenvalue weighted by Crippen LogP contribution is -2.15. The zero-order valence-electron chi connectivity index (χ0n) is 35.3. The van der Waals surface area contributed by atoms with Crippen molar-refractivity contribution in [2.24, 2.45) is 0 Å². The molecule has 0 aliphatic heterocycles. The fourth-order valence-corrected chi connectivity index (χ4v) is 10.4. The molecule has 0 amide bonds. The van der Waals surface area contributed by atoms with Gasteiger partial charge in [0.1, 0.15) is 0 Å². The van der Waals surface area contributed by atoms with Crippen molar-refractivity contribution in [3.63, 3.8) is 0 Å². The molecule has 9 aromatic carbocycles. The number of aromatic nitrogens is 2. The minimum atomic E-state index is -0.144. The van der Waals surface area contributed by atoms with Gasteiger partial charge in [-0.3, -0.25) is 0 Å². The highest BCUT2D eigenvalue weighted by Gasteiger charge is 2.36. The highest BCUT2D eigenvalue weighted by molar-refractivity contribution is 6.16. The maximum atomic E-state index is 2.54. The van der Waals surface area contributed by atoms with Crippen LogP contribution in [0, 0.1) is 0 Å². The van der Waals surface area contributed by atoms with E-state index in [9.17, 15) is 0 Å². The van der Waals surface area contributed by atoms with Gasteiger partial charge in [0.15, 0.2) is 0 Å². The van der Waals surface area contributed by atoms with Gasteiger partial charge >= 0.3 is 0 Å². The molecule has 63 heavy (non-hydrogen) atoms. The third-order valence-electron chi connectivity index (χ3n) is 13.4. The van der Waals surface area contributed by atoms with E-state index in [1.807, 2.05) is 0 Å². The zero-order valence-corrected chi connectivity index (χ0v) is 35.3. The van der Waals surface area contributed by atoms with E-state index in [-0.39, 0.29) is 5.41 Å². The van der Waals surface area contributed by atoms with Crippen LogP contribution < -0.4 is 0 Å². The summed E-state index contributed by atoms with van der Waals surface area (Å²) in [5.41, 5.74) is 21.8. The number of fused-ring (bicyclic) bond motifs is 5. The molecular weight excluding hydrogens is 761 g/mol. The second-order valence-electron chi connectivity index (χ2n) is 17.3. The first-order valence-electron chi connectivity index (χ1n) is 21.9. The molecule has 0 fully saturated rings. The fraction of sp³-hybridized carbons (Fsp3) is 0.0492. The van der Waals surface area contributed by atoms with Crippen LogP contribution in [0.5, 0.6) is 0 Å². The van der Waals surface area contributed by atoms with Crippen LogP contribution in [0.3, 0.4) is 0 Å². The average molecular weight is 805 g/mol. The standard InChI is InChI=1S/C61H44N2/c1-61(2)53-27-15-12-24-49(53)50-39-38-48(40-54(50)61)63-56-29-17-14-26-52(56)58(60(63)46-36-34-44(35-37-46)43-32-30-42(31-33-43)41-18-6-3-7-19-41)57-51-25-13-16-28-55(51)62(47-22-10-5-11-23-47)59(57)45-20-8-4-9-21-45/h3-40H,1-2H3. The van der Waals surface area contributed by atoms with Crippen LogP contribution >= 0.6 is 0 Å². The molecule has 0 N–H and O–H groups in total. The Labute approximate surface area is 368 Å². The first-order chi connectivity index (χ1) is 31.0. The summed E-state index contributed by atoms with van der Waals surface area (Å²) in [6.07, 6.45) is 0. The molecule has 11 aromatic rings. The van der Waals surface area contributed by atoms with E-state index in [4.69, 9.17) is 0 Å². The summed E-state index contributed by atoms with van der Waals surface area (Å²) in [5, 5.41) is 2.43. The SMILES string of the molecule is CC1(C)c2ccccc2-c2ccc(-n3c(-c4ccc(-c5ccc(-c6ccccc6)cc5)cc4)c(-c4c(-c5ccccc5)n(-c5ccccc5)c5ccccc45)c4ccccc43)cc21. The molecule has 298 valence electrons. The first kappa shape index (κ1) is 36.9. The number of hydrogen-bond acceptors (Lipinski definition) is 0. The van der Waals surface area contributed by atoms with Crippen molar-refractivity contribution in [1.29, 1.82) is 0 Å². The van der Waals surface area contributed by atoms with E-state index in [0.717, 1.165) is 16.9 Å². The molecule has 1 aliphatic carbocycles. The molecule has 12 rings (SSSR count). The van der Waals surface area contributed by atoms with E-state index in [1.165, 1.54) is 94.4 Å². The molecule has 0 bridgehead atoms. The molecule has 0 unspecified atom stereocenters. The smallest absolute Gasteiger partial charge is 0.0620 e. The summed E-state index contributed by atoms with van der Waals surface area (Å²) in [6.45, 7) is 4.74. The molecule has 0 saturated heterocycles. The van der Waals surface area contributed by atoms with Crippen LogP contribution in [0.1, 0.15) is 25.0 Å². The Morgan fingerprint density at radius 2 is 0.698 bits per heavy atom. The Kier molecular flexibility index (Phi) is 8.55. The molecule has 2 heterocycles. The van der Waals surface area contributed by atoms with Gasteiger partial charge in [0, 0.05) is 38.7 Å². The summed E-state index contributed by atoms with van der Waals surface area (Å²) in [4.78, 5) is 0. The molecule has 0 atom stereocenters. The van der Waals surface area contributed by atoms with E-state index < -0.39 is 0 Å². The van der Waals surface area contributed by atoms with E-state index in [2.05, 4.69) is 254 Å². The normalized spacial score (nSPS) is 12.7. The van der Waals surface area contributed by atoms with E-state index >= 15 is 0 Å². The minimum absolute atomic E-state index is 0.144. The summed E-state index contributed by atoms with van der Waals surface area (Å²) in [5.74, 6) is 0. The summed E-state index contributed by atoms with van der Waals surface area (Å²) < 4.78 is 5.00. The van der Waals surface area contributed by atoms with E-state index in [1.54, 1.807) is 0 Å². The van der Waals surface area contributed by atoms with Gasteiger partial charge in [-0.05, 0) is 92.0 Å². The predicted molar refractivity (Wildman–Crippen MR) is 265 cm³/mol. The Hall–Kier alpha value is -7.94. The van der Waals surface area contributed by atoms with Crippen molar-refractivity contribution in [3.8, 4) is 78.4 Å². The third-order valence-corrected chi connectivity index (χ3v) is 13.4. The lowest BCUT2D eigenvalue weighted by atomic mass is 9.82. The van der Waals surface area contributed by atoms with Crippen molar-refractivity contribution in [2.75, 3.05) is 0 Å². The Morgan fingerprint density at radius 3 is 1.27 bits per heavy atom. The summed E-state index contributed by atoms with van der Waals surface area (Å²) in [6, 6.07) is 84.6. The van der Waals surface area contributed by atoms with Gasteiger partial charge in [-0.15, -0.1) is 0 Å². The Bertz CT molecular complexity index is 3480. The molecule has 2 aromatic heterocycles. The molecule has 2 nitrogen and oxygen atoms in total. The van der Waals surface area contributed by atoms with Crippen molar-refractivity contribution >= 4 is 21.8 Å². The van der Waals surface area contributed by atoms with Crippen molar-refractivity contribution in [2.45, 2.75) is 19.3 Å². The van der Waals surface area contributed by atoms with E-state index in [0.29, 0.717) is 0 Å². The van der Waals surface area contributed by atoms with Gasteiger partial charge < -0.3 is 9.13 Å². The number of benzene rings is 9. The first-order valence-corrected chi connectivity index (χ1v) is 21.9. The van der Waals surface area contributed by atoms with Gasteiger partial charge in [0.05, 0.1) is 22.4 Å². The summed E-state index contributed by atoms with van der Waals surface area (Å²) in [7, 11) is 0. The average Bonchev–Trinajstić information content (AvgIpc) is 3.95. The summed E-state index contributed by atoms with van der Waals surface area (Å²) >= 11 is 0. The molecule has 1 aliphatic rings. The Balaban J connectivity index is 1.15. The maximum Gasteiger partial charge on any atom is 0.0620 e. The largest absolute Gasteiger partial charge is 0.309 e. The quantitative estimate of drug-likeness (QED) is 0.152. The topological polar surface area (TPSA) is 9.86 Å². The molecular formula is C61H44N2. The van der Waals surface area contributed by atoms with Crippen LogP contribution in [-0.4, -0.2) is 9.13 Å². The lowest BCUT2D eigenvalue weighted by molar-refractivity contribution is 0.660. The van der Waals surface area contributed by atoms with Gasteiger partial charge in [0.2, 0.25) is 0 Å². The zero-order chi connectivity index (χ0) is 42.1. The second-order valence-corrected chi connectivity index (χ2v) is 17.3. The van der Waals surface area contributed by atoms with Crippen molar-refractivity contribution in [3.05, 3.63) is 242 Å². The molecule has 2 heteroatoms.